The van der Waals surface area contributed by atoms with E-state index in [0.29, 0.717) is 11.1 Å². The third-order valence-electron chi connectivity index (χ3n) is 4.31. The highest BCUT2D eigenvalue weighted by Crippen LogP contribution is 2.34. The van der Waals surface area contributed by atoms with Crippen LogP contribution >= 0.6 is 0 Å². The van der Waals surface area contributed by atoms with Crippen molar-refractivity contribution in [2.24, 2.45) is 0 Å². The van der Waals surface area contributed by atoms with Crippen LogP contribution in [-0.4, -0.2) is 35.9 Å². The van der Waals surface area contributed by atoms with Crippen molar-refractivity contribution < 1.29 is 18.1 Å². The third kappa shape index (κ3) is 3.49. The average molecular weight is 344 g/mol. The molecular weight excluding hydrogens is 320 g/mol. The topological polar surface area (TPSA) is 44.8 Å². The normalized spacial score (nSPS) is 12.8. The Morgan fingerprint density at radius 2 is 1.46 bits per heavy atom. The van der Waals surface area contributed by atoms with Gasteiger partial charge in [0, 0.05) is 32.5 Å². The quantitative estimate of drug-likeness (QED) is 0.539. The summed E-state index contributed by atoms with van der Waals surface area (Å²) in [4.78, 5) is 13.0. The van der Waals surface area contributed by atoms with E-state index < -0.39 is 8.80 Å². The lowest BCUT2D eigenvalue weighted by Crippen LogP contribution is -2.49. The summed E-state index contributed by atoms with van der Waals surface area (Å²) in [5.41, 5.74) is 2.13. The highest BCUT2D eigenvalue weighted by molar-refractivity contribution is 6.62. The summed E-state index contributed by atoms with van der Waals surface area (Å²) in [6.07, 6.45) is 0.751. The minimum absolute atomic E-state index is 0.00383. The summed E-state index contributed by atoms with van der Waals surface area (Å²) >= 11 is 0. The molecule has 0 aliphatic carbocycles. The predicted molar refractivity (Wildman–Crippen MR) is 96.1 cm³/mol. The zero-order chi connectivity index (χ0) is 17.6. The van der Waals surface area contributed by atoms with Gasteiger partial charge in [0.1, 0.15) is 0 Å². The lowest BCUT2D eigenvalue weighted by Gasteiger charge is -2.33. The van der Waals surface area contributed by atoms with Crippen LogP contribution < -0.4 is 0 Å². The molecule has 4 nitrogen and oxygen atoms in total. The van der Waals surface area contributed by atoms with E-state index in [1.165, 1.54) is 0 Å². The second-order valence-electron chi connectivity index (χ2n) is 5.46. The van der Waals surface area contributed by atoms with E-state index in [4.69, 9.17) is 13.3 Å². The molecular formula is C19H24O4Si. The molecule has 1 atom stereocenters. The Labute approximate surface area is 144 Å². The molecule has 0 N–H and O–H groups in total. The largest absolute Gasteiger partial charge is 0.508 e. The Bertz CT molecular complexity index is 660. The van der Waals surface area contributed by atoms with Crippen LogP contribution in [0.25, 0.3) is 0 Å². The van der Waals surface area contributed by atoms with Crippen molar-refractivity contribution >= 4 is 14.6 Å². The van der Waals surface area contributed by atoms with Crippen molar-refractivity contribution in [2.75, 3.05) is 21.3 Å². The van der Waals surface area contributed by atoms with Crippen LogP contribution in [0.1, 0.15) is 40.4 Å². The summed E-state index contributed by atoms with van der Waals surface area (Å²) in [6, 6.07) is 16.9. The van der Waals surface area contributed by atoms with Crippen molar-refractivity contribution in [1.29, 1.82) is 0 Å². The van der Waals surface area contributed by atoms with Gasteiger partial charge in [0.2, 0.25) is 0 Å². The molecule has 0 amide bonds. The second-order valence-corrected chi connectivity index (χ2v) is 8.59. The molecule has 2 rings (SSSR count). The highest BCUT2D eigenvalue weighted by Gasteiger charge is 2.48. The minimum Gasteiger partial charge on any atom is -0.376 e. The monoisotopic (exact) mass is 344 g/mol. The van der Waals surface area contributed by atoms with Gasteiger partial charge in [-0.1, -0.05) is 61.5 Å². The molecule has 2 aromatic rings. The summed E-state index contributed by atoms with van der Waals surface area (Å²) < 4.78 is 17.0. The van der Waals surface area contributed by atoms with Crippen LogP contribution in [0.2, 0.25) is 0 Å². The number of benzene rings is 2. The molecule has 0 radical (unpaired) electrons. The van der Waals surface area contributed by atoms with E-state index in [9.17, 15) is 4.79 Å². The molecule has 128 valence electrons. The average Bonchev–Trinajstić information content (AvgIpc) is 2.66. The highest BCUT2D eigenvalue weighted by atomic mass is 28.4. The number of hydrogen-bond donors (Lipinski definition) is 0. The fraction of sp³-hybridized carbons (Fsp3) is 0.316. The lowest BCUT2D eigenvalue weighted by atomic mass is 9.95. The molecule has 0 aromatic heterocycles. The van der Waals surface area contributed by atoms with Crippen molar-refractivity contribution in [3.63, 3.8) is 0 Å². The summed E-state index contributed by atoms with van der Waals surface area (Å²) in [5.74, 6) is -0.00383. The zero-order valence-electron chi connectivity index (χ0n) is 14.6. The molecule has 0 fully saturated rings. The predicted octanol–water partition coefficient (Wildman–Crippen LogP) is 3.83. The van der Waals surface area contributed by atoms with Gasteiger partial charge in [-0.15, -0.1) is 0 Å². The number of hydrogen-bond acceptors (Lipinski definition) is 4. The molecule has 0 saturated carbocycles. The van der Waals surface area contributed by atoms with Gasteiger partial charge in [-0.2, -0.15) is 0 Å². The molecule has 5 heteroatoms. The second kappa shape index (κ2) is 8.35. The maximum Gasteiger partial charge on any atom is 0.508 e. The molecule has 1 unspecified atom stereocenters. The third-order valence-corrected chi connectivity index (χ3v) is 7.59. The Morgan fingerprint density at radius 3 is 2.00 bits per heavy atom. The Kier molecular flexibility index (Phi) is 6.45. The molecule has 0 aliphatic rings. The first kappa shape index (κ1) is 18.5. The van der Waals surface area contributed by atoms with Crippen molar-refractivity contribution in [1.82, 2.24) is 0 Å². The smallest absolute Gasteiger partial charge is 0.376 e. The van der Waals surface area contributed by atoms with Crippen molar-refractivity contribution in [2.45, 2.75) is 18.9 Å². The number of ketones is 1. The van der Waals surface area contributed by atoms with Crippen LogP contribution in [0.5, 0.6) is 0 Å². The number of carbonyl (C=O) groups excluding carboxylic acids is 1. The van der Waals surface area contributed by atoms with Crippen molar-refractivity contribution in [3.8, 4) is 0 Å². The molecule has 24 heavy (non-hydrogen) atoms. The van der Waals surface area contributed by atoms with E-state index in [1.54, 1.807) is 21.3 Å². The van der Waals surface area contributed by atoms with Crippen LogP contribution in [0.3, 0.4) is 0 Å². The van der Waals surface area contributed by atoms with E-state index in [1.807, 2.05) is 61.5 Å². The fourth-order valence-corrected chi connectivity index (χ4v) is 5.58. The summed E-state index contributed by atoms with van der Waals surface area (Å²) in [7, 11) is 1.88. The van der Waals surface area contributed by atoms with Crippen LogP contribution in [-0.2, 0) is 13.3 Å². The Morgan fingerprint density at radius 1 is 0.917 bits per heavy atom. The minimum atomic E-state index is -2.92. The number of rotatable bonds is 8. The van der Waals surface area contributed by atoms with E-state index >= 15 is 0 Å². The van der Waals surface area contributed by atoms with E-state index in [0.717, 1.165) is 12.0 Å². The van der Waals surface area contributed by atoms with E-state index in [-0.39, 0.29) is 11.3 Å². The molecule has 0 saturated heterocycles. The van der Waals surface area contributed by atoms with Gasteiger partial charge in [-0.3, -0.25) is 4.79 Å². The Balaban J connectivity index is 2.53. The molecule has 0 heterocycles. The van der Waals surface area contributed by atoms with Gasteiger partial charge in [-0.05, 0) is 12.0 Å². The van der Waals surface area contributed by atoms with Gasteiger partial charge >= 0.3 is 8.80 Å². The first-order chi connectivity index (χ1) is 11.6. The molecule has 2 aromatic carbocycles. The summed E-state index contributed by atoms with van der Waals surface area (Å²) in [5, 5.41) is 0. The first-order valence-electron chi connectivity index (χ1n) is 7.97. The standard InChI is InChI=1S/C19H24O4Si/c1-5-18(24(21-2,22-3)23-4)16-13-9-10-14-17(16)19(20)15-11-7-6-8-12-15/h6-14,18H,5H2,1-4H3. The van der Waals surface area contributed by atoms with Crippen LogP contribution in [0.4, 0.5) is 0 Å². The van der Waals surface area contributed by atoms with Crippen LogP contribution in [0, 0.1) is 0 Å². The lowest BCUT2D eigenvalue weighted by molar-refractivity contribution is 0.103. The van der Waals surface area contributed by atoms with Gasteiger partial charge in [0.15, 0.2) is 5.78 Å². The fourth-order valence-electron chi connectivity index (χ4n) is 3.09. The van der Waals surface area contributed by atoms with Crippen molar-refractivity contribution in [3.05, 3.63) is 71.3 Å². The zero-order valence-corrected chi connectivity index (χ0v) is 15.6. The maximum atomic E-state index is 13.0. The van der Waals surface area contributed by atoms with Gasteiger partial charge in [-0.25, -0.2) is 0 Å². The molecule has 0 bridgehead atoms. The molecule has 0 spiro atoms. The first-order valence-corrected chi connectivity index (χ1v) is 9.77. The van der Waals surface area contributed by atoms with Crippen LogP contribution in [0.15, 0.2) is 54.6 Å². The van der Waals surface area contributed by atoms with E-state index in [2.05, 4.69) is 0 Å². The number of carbonyl (C=O) groups is 1. The SMILES string of the molecule is CCC(c1ccccc1C(=O)c1ccccc1)[Si](OC)(OC)OC. The maximum absolute atomic E-state index is 13.0. The summed E-state index contributed by atoms with van der Waals surface area (Å²) in [6.45, 7) is 2.05. The molecule has 0 aliphatic heterocycles. The van der Waals surface area contributed by atoms with Gasteiger partial charge < -0.3 is 13.3 Å². The van der Waals surface area contributed by atoms with Gasteiger partial charge in [0.25, 0.3) is 0 Å². The van der Waals surface area contributed by atoms with Gasteiger partial charge in [0.05, 0.1) is 5.54 Å². The Hall–Kier alpha value is -1.79.